The molecule has 182 valence electrons. The molecule has 1 saturated carbocycles. The van der Waals surface area contributed by atoms with E-state index in [1.54, 1.807) is 7.11 Å². The molecule has 0 N–H and O–H groups in total. The molecular weight excluding hydrogens is 432 g/mol. The monoisotopic (exact) mass is 468 g/mol. The predicted octanol–water partition coefficient (Wildman–Crippen LogP) is 5.92. The summed E-state index contributed by atoms with van der Waals surface area (Å²) in [7, 11) is 3.73. The fraction of sp³-hybridized carbons (Fsp3) is 0.387. The second-order valence-corrected chi connectivity index (χ2v) is 10.3. The van der Waals surface area contributed by atoms with Gasteiger partial charge in [0.05, 0.1) is 7.11 Å². The van der Waals surface area contributed by atoms with Crippen LogP contribution in [-0.2, 0) is 5.41 Å². The number of rotatable bonds is 6. The predicted molar refractivity (Wildman–Crippen MR) is 143 cm³/mol. The van der Waals surface area contributed by atoms with Gasteiger partial charge in [-0.1, -0.05) is 48.5 Å². The molecule has 35 heavy (non-hydrogen) atoms. The zero-order valence-electron chi connectivity index (χ0n) is 21.0. The number of amides is 1. The smallest absolute Gasteiger partial charge is 0.253 e. The minimum atomic E-state index is 0.0487. The van der Waals surface area contributed by atoms with Gasteiger partial charge in [-0.3, -0.25) is 9.69 Å². The van der Waals surface area contributed by atoms with E-state index in [2.05, 4.69) is 47.9 Å². The van der Waals surface area contributed by atoms with E-state index >= 15 is 0 Å². The van der Waals surface area contributed by atoms with Crippen molar-refractivity contribution in [1.29, 1.82) is 0 Å². The topological polar surface area (TPSA) is 32.8 Å². The van der Waals surface area contributed by atoms with E-state index in [1.807, 2.05) is 48.4 Å². The van der Waals surface area contributed by atoms with Crippen molar-refractivity contribution < 1.29 is 9.53 Å². The van der Waals surface area contributed by atoms with Crippen LogP contribution in [-0.4, -0.2) is 55.5 Å². The summed E-state index contributed by atoms with van der Waals surface area (Å²) in [6.45, 7) is 7.03. The Bertz CT molecular complexity index is 1220. The number of likely N-dealkylation sites (tertiary alicyclic amines) is 1. The minimum absolute atomic E-state index is 0.0487. The third-order valence-electron chi connectivity index (χ3n) is 8.48. The van der Waals surface area contributed by atoms with Gasteiger partial charge in [0.15, 0.2) is 0 Å². The molecular formula is C31H36N2O2. The van der Waals surface area contributed by atoms with Gasteiger partial charge in [-0.25, -0.2) is 0 Å². The third kappa shape index (κ3) is 4.48. The Morgan fingerprint density at radius 3 is 2.74 bits per heavy atom. The quantitative estimate of drug-likeness (QED) is 0.421. The molecule has 5 rings (SSSR count). The Hall–Kier alpha value is -3.11. The van der Waals surface area contributed by atoms with Gasteiger partial charge in [-0.2, -0.15) is 0 Å². The number of fused-ring (bicyclic) bond motifs is 2. The van der Waals surface area contributed by atoms with E-state index in [0.29, 0.717) is 5.92 Å². The number of hydrogen-bond acceptors (Lipinski definition) is 3. The molecule has 0 unspecified atom stereocenters. The van der Waals surface area contributed by atoms with E-state index in [4.69, 9.17) is 4.74 Å². The highest BCUT2D eigenvalue weighted by Crippen LogP contribution is 2.50. The van der Waals surface area contributed by atoms with Gasteiger partial charge in [0.1, 0.15) is 5.75 Å². The first-order chi connectivity index (χ1) is 17.0. The Labute approximate surface area is 209 Å². The minimum Gasteiger partial charge on any atom is -0.497 e. The summed E-state index contributed by atoms with van der Waals surface area (Å²) in [6, 6.07) is 23.1. The van der Waals surface area contributed by atoms with Gasteiger partial charge in [-0.05, 0) is 78.7 Å². The van der Waals surface area contributed by atoms with Crippen molar-refractivity contribution in [2.75, 3.05) is 33.8 Å². The molecule has 3 atom stereocenters. The molecule has 0 aromatic heterocycles. The zero-order valence-corrected chi connectivity index (χ0v) is 21.0. The van der Waals surface area contributed by atoms with Crippen LogP contribution in [0.4, 0.5) is 0 Å². The molecule has 0 spiro atoms. The summed E-state index contributed by atoms with van der Waals surface area (Å²) in [5.74, 6) is 1.58. The number of carbonyl (C=O) groups is 1. The molecule has 0 bridgehead atoms. The Morgan fingerprint density at radius 1 is 1.11 bits per heavy atom. The maximum atomic E-state index is 13.6. The first-order valence-corrected chi connectivity index (χ1v) is 12.8. The van der Waals surface area contributed by atoms with Crippen LogP contribution in [0.1, 0.15) is 41.6 Å². The van der Waals surface area contributed by atoms with Gasteiger partial charge in [0.25, 0.3) is 5.91 Å². The maximum absolute atomic E-state index is 13.6. The van der Waals surface area contributed by atoms with Gasteiger partial charge in [-0.15, -0.1) is 6.58 Å². The molecule has 4 heteroatoms. The van der Waals surface area contributed by atoms with E-state index in [9.17, 15) is 4.79 Å². The Morgan fingerprint density at radius 2 is 1.94 bits per heavy atom. The molecule has 1 amide bonds. The molecule has 1 aliphatic carbocycles. The van der Waals surface area contributed by atoms with Gasteiger partial charge in [0.2, 0.25) is 0 Å². The van der Waals surface area contributed by atoms with Crippen LogP contribution in [0.5, 0.6) is 5.75 Å². The van der Waals surface area contributed by atoms with Crippen molar-refractivity contribution in [2.45, 2.75) is 37.1 Å². The van der Waals surface area contributed by atoms with E-state index in [0.717, 1.165) is 67.4 Å². The van der Waals surface area contributed by atoms with Crippen molar-refractivity contribution in [2.24, 2.45) is 5.92 Å². The first kappa shape index (κ1) is 23.6. The van der Waals surface area contributed by atoms with Crippen LogP contribution in [0.15, 0.2) is 79.4 Å². The second kappa shape index (κ2) is 9.87. The van der Waals surface area contributed by atoms with Crippen LogP contribution < -0.4 is 4.74 Å². The van der Waals surface area contributed by atoms with Crippen molar-refractivity contribution in [3.8, 4) is 5.75 Å². The lowest BCUT2D eigenvalue weighted by Crippen LogP contribution is -2.56. The van der Waals surface area contributed by atoms with E-state index in [1.165, 1.54) is 5.56 Å². The lowest BCUT2D eigenvalue weighted by atomic mass is 9.57. The molecule has 2 aliphatic rings. The van der Waals surface area contributed by atoms with Gasteiger partial charge < -0.3 is 9.64 Å². The molecule has 3 aromatic carbocycles. The summed E-state index contributed by atoms with van der Waals surface area (Å²) >= 11 is 0. The average Bonchev–Trinajstić information content (AvgIpc) is 2.91. The Balaban J connectivity index is 1.43. The number of ether oxygens (including phenoxy) is 1. The van der Waals surface area contributed by atoms with Crippen LogP contribution in [0.2, 0.25) is 0 Å². The normalized spacial score (nSPS) is 24.5. The van der Waals surface area contributed by atoms with Crippen LogP contribution >= 0.6 is 0 Å². The van der Waals surface area contributed by atoms with Crippen molar-refractivity contribution in [3.63, 3.8) is 0 Å². The number of piperidine rings is 1. The average molecular weight is 469 g/mol. The van der Waals surface area contributed by atoms with Crippen LogP contribution in [0.3, 0.4) is 0 Å². The fourth-order valence-corrected chi connectivity index (χ4v) is 6.49. The standard InChI is InChI=1S/C31H36N2O2/c1-4-17-33-18-16-31(26-10-7-11-29(20-26)35-3)21-28(15-14-27(31)22-33)32(2)30(34)25-13-12-23-8-5-6-9-24(23)19-25/h4-13,19-20,27-28H,1,14-18,21-22H2,2-3H3/t27-,28+,31+/m1/s1. The highest BCUT2D eigenvalue weighted by atomic mass is 16.5. The number of nitrogens with zero attached hydrogens (tertiary/aromatic N) is 2. The molecule has 0 radical (unpaired) electrons. The van der Waals surface area contributed by atoms with E-state index < -0.39 is 0 Å². The highest BCUT2D eigenvalue weighted by molar-refractivity contribution is 5.98. The molecule has 1 saturated heterocycles. The first-order valence-electron chi connectivity index (χ1n) is 12.8. The molecule has 4 nitrogen and oxygen atoms in total. The lowest BCUT2D eigenvalue weighted by Gasteiger charge is -2.54. The maximum Gasteiger partial charge on any atom is 0.253 e. The molecule has 1 aliphatic heterocycles. The summed E-state index contributed by atoms with van der Waals surface area (Å²) < 4.78 is 5.60. The van der Waals surface area contributed by atoms with Crippen LogP contribution in [0, 0.1) is 5.92 Å². The van der Waals surface area contributed by atoms with Gasteiger partial charge >= 0.3 is 0 Å². The number of methoxy groups -OCH3 is 1. The summed E-state index contributed by atoms with van der Waals surface area (Å²) in [4.78, 5) is 18.2. The SMILES string of the molecule is C=CCN1CC[C@@]2(c3cccc(OC)c3)C[C@@H](N(C)C(=O)c3ccc4ccccc4c3)CC[C@@H]2C1. The van der Waals surface area contributed by atoms with Crippen LogP contribution in [0.25, 0.3) is 10.8 Å². The molecule has 3 aromatic rings. The largest absolute Gasteiger partial charge is 0.497 e. The molecule has 1 heterocycles. The highest BCUT2D eigenvalue weighted by Gasteiger charge is 2.49. The fourth-order valence-electron chi connectivity index (χ4n) is 6.49. The number of carbonyl (C=O) groups excluding carboxylic acids is 1. The Kier molecular flexibility index (Phi) is 6.66. The third-order valence-corrected chi connectivity index (χ3v) is 8.48. The second-order valence-electron chi connectivity index (χ2n) is 10.3. The summed E-state index contributed by atoms with van der Waals surface area (Å²) in [5, 5.41) is 2.27. The van der Waals surface area contributed by atoms with Crippen molar-refractivity contribution in [3.05, 3.63) is 90.5 Å². The van der Waals surface area contributed by atoms with Crippen molar-refractivity contribution >= 4 is 16.7 Å². The van der Waals surface area contributed by atoms with Gasteiger partial charge in [0, 0.05) is 37.2 Å². The molecule has 2 fully saturated rings. The van der Waals surface area contributed by atoms with Crippen molar-refractivity contribution in [1.82, 2.24) is 9.80 Å². The number of hydrogen-bond donors (Lipinski definition) is 0. The number of benzene rings is 3. The summed E-state index contributed by atoms with van der Waals surface area (Å²) in [6.07, 6.45) is 6.24. The lowest BCUT2D eigenvalue weighted by molar-refractivity contribution is 0.0221. The van der Waals surface area contributed by atoms with E-state index in [-0.39, 0.29) is 17.4 Å². The summed E-state index contributed by atoms with van der Waals surface area (Å²) in [5.41, 5.74) is 2.17. The zero-order chi connectivity index (χ0) is 24.4.